The Morgan fingerprint density at radius 2 is 2.00 bits per heavy atom. The van der Waals surface area contributed by atoms with Crippen LogP contribution in [0.1, 0.15) is 11.6 Å². The van der Waals surface area contributed by atoms with Gasteiger partial charge in [0.15, 0.2) is 11.0 Å². The third kappa shape index (κ3) is 3.84. The molecule has 34 heavy (non-hydrogen) atoms. The average molecular weight is 489 g/mol. The van der Waals surface area contributed by atoms with Crippen molar-refractivity contribution in [2.75, 3.05) is 0 Å². The van der Waals surface area contributed by atoms with Crippen LogP contribution in [0.15, 0.2) is 85.5 Å². The molecule has 0 aliphatic carbocycles. The smallest absolute Gasteiger partial charge is 0.260 e. The number of pyridine rings is 1. The van der Waals surface area contributed by atoms with Crippen LogP contribution < -0.4 is 5.56 Å². The number of nitrogens with zero attached hydrogens (tertiary/aromatic N) is 5. The molecular formula is C23H16N6O3S2. The van der Waals surface area contributed by atoms with Gasteiger partial charge in [0.2, 0.25) is 0 Å². The number of thioether (sulfide) groups is 1. The van der Waals surface area contributed by atoms with E-state index in [1.807, 2.05) is 40.3 Å². The first-order chi connectivity index (χ1) is 16.8. The van der Waals surface area contributed by atoms with E-state index in [0.717, 1.165) is 16.9 Å². The summed E-state index contributed by atoms with van der Waals surface area (Å²) >= 11 is 2.86. The van der Waals surface area contributed by atoms with E-state index in [4.69, 9.17) is 8.83 Å². The molecule has 6 heterocycles. The zero-order valence-electron chi connectivity index (χ0n) is 17.5. The minimum absolute atomic E-state index is 0.193. The SMILES string of the molecule is O=c1[nH]c(CSc2nnc(-c3cccnc3)n2Cc2ccco2)nc2scc(-c3ccco3)c12. The van der Waals surface area contributed by atoms with Crippen LogP contribution in [0.25, 0.3) is 32.9 Å². The fourth-order valence-corrected chi connectivity index (χ4v) is 5.37. The number of hydrogen-bond donors (Lipinski definition) is 1. The summed E-state index contributed by atoms with van der Waals surface area (Å²) < 4.78 is 13.0. The van der Waals surface area contributed by atoms with Crippen molar-refractivity contribution in [1.82, 2.24) is 29.7 Å². The van der Waals surface area contributed by atoms with Gasteiger partial charge in [-0.25, -0.2) is 4.98 Å². The third-order valence-corrected chi connectivity index (χ3v) is 7.00. The van der Waals surface area contributed by atoms with Gasteiger partial charge in [-0.05, 0) is 36.4 Å². The average Bonchev–Trinajstić information content (AvgIpc) is 3.66. The van der Waals surface area contributed by atoms with E-state index in [2.05, 4.69) is 25.1 Å². The van der Waals surface area contributed by atoms with Gasteiger partial charge in [-0.3, -0.25) is 14.3 Å². The zero-order valence-corrected chi connectivity index (χ0v) is 19.2. The number of nitrogens with one attached hydrogen (secondary N) is 1. The highest BCUT2D eigenvalue weighted by Crippen LogP contribution is 2.32. The second kappa shape index (κ2) is 8.76. The van der Waals surface area contributed by atoms with E-state index >= 15 is 0 Å². The lowest BCUT2D eigenvalue weighted by atomic mass is 10.2. The Hall–Kier alpha value is -3.96. The van der Waals surface area contributed by atoms with Crippen molar-refractivity contribution < 1.29 is 8.83 Å². The number of rotatable bonds is 7. The van der Waals surface area contributed by atoms with Gasteiger partial charge in [0.1, 0.15) is 22.2 Å². The topological polar surface area (TPSA) is 116 Å². The lowest BCUT2D eigenvalue weighted by molar-refractivity contribution is 0.485. The number of thiophene rings is 1. The number of aromatic nitrogens is 6. The van der Waals surface area contributed by atoms with E-state index in [-0.39, 0.29) is 5.56 Å². The number of H-pyrrole nitrogens is 1. The Balaban J connectivity index is 1.31. The summed E-state index contributed by atoms with van der Waals surface area (Å²) in [5.41, 5.74) is 1.41. The molecule has 6 rings (SSSR count). The molecule has 0 unspecified atom stereocenters. The van der Waals surface area contributed by atoms with Crippen molar-refractivity contribution in [3.05, 3.63) is 88.6 Å². The Morgan fingerprint density at radius 1 is 1.09 bits per heavy atom. The summed E-state index contributed by atoms with van der Waals surface area (Å²) in [5.74, 6) is 3.09. The number of furan rings is 2. The van der Waals surface area contributed by atoms with Crippen LogP contribution in [-0.4, -0.2) is 29.7 Å². The molecule has 0 spiro atoms. The van der Waals surface area contributed by atoms with Crippen LogP contribution in [0.3, 0.4) is 0 Å². The highest BCUT2D eigenvalue weighted by molar-refractivity contribution is 7.98. The molecule has 0 aromatic carbocycles. The Kier molecular flexibility index (Phi) is 5.32. The number of aromatic amines is 1. The maximum absolute atomic E-state index is 12.9. The van der Waals surface area contributed by atoms with Crippen molar-refractivity contribution in [3.63, 3.8) is 0 Å². The molecule has 0 aliphatic rings. The lowest BCUT2D eigenvalue weighted by Gasteiger charge is -2.08. The van der Waals surface area contributed by atoms with Crippen LogP contribution in [0, 0.1) is 0 Å². The molecule has 6 aromatic heterocycles. The van der Waals surface area contributed by atoms with Gasteiger partial charge in [0, 0.05) is 28.9 Å². The molecule has 11 heteroatoms. The highest BCUT2D eigenvalue weighted by Gasteiger charge is 2.18. The first kappa shape index (κ1) is 20.6. The predicted molar refractivity (Wildman–Crippen MR) is 129 cm³/mol. The molecule has 0 amide bonds. The fourth-order valence-electron chi connectivity index (χ4n) is 3.61. The molecule has 6 aromatic rings. The van der Waals surface area contributed by atoms with Crippen LogP contribution in [0.2, 0.25) is 0 Å². The molecular weight excluding hydrogens is 472 g/mol. The zero-order chi connectivity index (χ0) is 22.9. The Morgan fingerprint density at radius 3 is 2.79 bits per heavy atom. The Labute approximate surface area is 200 Å². The molecule has 0 saturated carbocycles. The predicted octanol–water partition coefficient (Wildman–Crippen LogP) is 4.83. The van der Waals surface area contributed by atoms with E-state index < -0.39 is 0 Å². The third-order valence-electron chi connectivity index (χ3n) is 5.15. The molecule has 0 aliphatic heterocycles. The molecule has 0 saturated heterocycles. The fraction of sp³-hybridized carbons (Fsp3) is 0.0870. The second-order valence-corrected chi connectivity index (χ2v) is 9.12. The first-order valence-electron chi connectivity index (χ1n) is 10.3. The quantitative estimate of drug-likeness (QED) is 0.318. The Bertz CT molecular complexity index is 1600. The molecule has 0 radical (unpaired) electrons. The standard InChI is InChI=1S/C23H16N6O3S2/c30-21-19-16(17-6-3-9-32-17)12-33-22(19)26-18(25-21)13-34-23-28-27-20(14-4-1-7-24-10-14)29(23)11-15-5-2-8-31-15/h1-10,12H,11,13H2,(H,25,26,30). The van der Waals surface area contributed by atoms with E-state index in [1.165, 1.54) is 23.1 Å². The monoisotopic (exact) mass is 488 g/mol. The van der Waals surface area contributed by atoms with Crippen molar-refractivity contribution in [1.29, 1.82) is 0 Å². The molecule has 1 N–H and O–H groups in total. The molecule has 168 valence electrons. The molecule has 0 fully saturated rings. The normalized spacial score (nSPS) is 11.4. The van der Waals surface area contributed by atoms with Crippen LogP contribution in [0.5, 0.6) is 0 Å². The molecule has 9 nitrogen and oxygen atoms in total. The molecule has 0 atom stereocenters. The number of hydrogen-bond acceptors (Lipinski definition) is 9. The maximum Gasteiger partial charge on any atom is 0.260 e. The van der Waals surface area contributed by atoms with Gasteiger partial charge in [0.25, 0.3) is 5.56 Å². The lowest BCUT2D eigenvalue weighted by Crippen LogP contribution is -2.11. The number of fused-ring (bicyclic) bond motifs is 1. The summed E-state index contributed by atoms with van der Waals surface area (Å²) in [6.45, 7) is 0.465. The van der Waals surface area contributed by atoms with Crippen molar-refractivity contribution in [2.24, 2.45) is 0 Å². The summed E-state index contributed by atoms with van der Waals surface area (Å²) in [4.78, 5) is 25.3. The van der Waals surface area contributed by atoms with Gasteiger partial charge in [-0.2, -0.15) is 0 Å². The second-order valence-electron chi connectivity index (χ2n) is 7.32. The van der Waals surface area contributed by atoms with Gasteiger partial charge in [-0.1, -0.05) is 11.8 Å². The van der Waals surface area contributed by atoms with Crippen LogP contribution in [-0.2, 0) is 12.3 Å². The van der Waals surface area contributed by atoms with Crippen LogP contribution >= 0.6 is 23.1 Å². The summed E-state index contributed by atoms with van der Waals surface area (Å²) in [6, 6.07) is 11.2. The largest absolute Gasteiger partial charge is 0.467 e. The minimum atomic E-state index is -0.193. The van der Waals surface area contributed by atoms with Gasteiger partial charge >= 0.3 is 0 Å². The van der Waals surface area contributed by atoms with Crippen LogP contribution in [0.4, 0.5) is 0 Å². The highest BCUT2D eigenvalue weighted by atomic mass is 32.2. The maximum atomic E-state index is 12.9. The van der Waals surface area contributed by atoms with E-state index in [1.54, 1.807) is 31.0 Å². The molecule has 0 bridgehead atoms. The summed E-state index contributed by atoms with van der Waals surface area (Å²) in [5, 5.41) is 11.9. The minimum Gasteiger partial charge on any atom is -0.467 e. The van der Waals surface area contributed by atoms with Gasteiger partial charge < -0.3 is 13.8 Å². The van der Waals surface area contributed by atoms with Crippen molar-refractivity contribution in [2.45, 2.75) is 17.5 Å². The summed E-state index contributed by atoms with van der Waals surface area (Å²) in [6.07, 6.45) is 6.69. The summed E-state index contributed by atoms with van der Waals surface area (Å²) in [7, 11) is 0. The van der Waals surface area contributed by atoms with Gasteiger partial charge in [0.05, 0.1) is 30.2 Å². The van der Waals surface area contributed by atoms with Crippen molar-refractivity contribution >= 4 is 33.3 Å². The first-order valence-corrected chi connectivity index (χ1v) is 12.2. The van der Waals surface area contributed by atoms with E-state index in [9.17, 15) is 4.79 Å². The van der Waals surface area contributed by atoms with E-state index in [0.29, 0.717) is 45.1 Å². The van der Waals surface area contributed by atoms with Crippen molar-refractivity contribution in [3.8, 4) is 22.7 Å². The van der Waals surface area contributed by atoms with Gasteiger partial charge in [-0.15, -0.1) is 21.5 Å².